The van der Waals surface area contributed by atoms with Gasteiger partial charge in [0.05, 0.1) is 6.07 Å². The molecule has 0 spiro atoms. The first-order valence-corrected chi connectivity index (χ1v) is 3.86. The molecular formula is C10H7NO2. The smallest absolute Gasteiger partial charge is 0.231 e. The number of hydrogen-bond acceptors (Lipinski definition) is 3. The summed E-state index contributed by atoms with van der Waals surface area (Å²) in [5.74, 6) is 1.49. The summed E-state index contributed by atoms with van der Waals surface area (Å²) in [7, 11) is 0. The molecule has 0 aliphatic carbocycles. The average Bonchev–Trinajstić information content (AvgIpc) is 2.61. The van der Waals surface area contributed by atoms with Crippen molar-refractivity contribution in [3.63, 3.8) is 0 Å². The summed E-state index contributed by atoms with van der Waals surface area (Å²) < 4.78 is 10.3. The van der Waals surface area contributed by atoms with Crippen molar-refractivity contribution >= 4 is 6.08 Å². The lowest BCUT2D eigenvalue weighted by molar-refractivity contribution is 0.174. The molecule has 0 atom stereocenters. The highest BCUT2D eigenvalue weighted by atomic mass is 16.7. The topological polar surface area (TPSA) is 42.2 Å². The molecule has 0 bridgehead atoms. The number of rotatable bonds is 1. The zero-order valence-corrected chi connectivity index (χ0v) is 6.86. The van der Waals surface area contributed by atoms with Gasteiger partial charge < -0.3 is 9.47 Å². The number of benzene rings is 1. The Balaban J connectivity index is 2.32. The Hall–Kier alpha value is -1.95. The zero-order valence-electron chi connectivity index (χ0n) is 6.86. The van der Waals surface area contributed by atoms with Gasteiger partial charge in [0.25, 0.3) is 0 Å². The van der Waals surface area contributed by atoms with Crippen molar-refractivity contribution < 1.29 is 9.47 Å². The summed E-state index contributed by atoms with van der Waals surface area (Å²) in [4.78, 5) is 0. The van der Waals surface area contributed by atoms with E-state index in [4.69, 9.17) is 14.7 Å². The maximum Gasteiger partial charge on any atom is 0.231 e. The first kappa shape index (κ1) is 7.69. The molecule has 0 saturated carbocycles. The van der Waals surface area contributed by atoms with Crippen LogP contribution in [-0.4, -0.2) is 6.79 Å². The fourth-order valence-corrected chi connectivity index (χ4v) is 1.15. The maximum absolute atomic E-state index is 8.33. The van der Waals surface area contributed by atoms with Crippen LogP contribution in [0.3, 0.4) is 0 Å². The van der Waals surface area contributed by atoms with Gasteiger partial charge in [-0.2, -0.15) is 5.26 Å². The van der Waals surface area contributed by atoms with Crippen LogP contribution in [0.4, 0.5) is 0 Å². The van der Waals surface area contributed by atoms with E-state index in [2.05, 4.69) is 0 Å². The Kier molecular flexibility index (Phi) is 1.89. The second kappa shape index (κ2) is 3.20. The summed E-state index contributed by atoms with van der Waals surface area (Å²) >= 11 is 0. The van der Waals surface area contributed by atoms with Gasteiger partial charge in [0.1, 0.15) is 0 Å². The van der Waals surface area contributed by atoms with Crippen molar-refractivity contribution in [1.82, 2.24) is 0 Å². The third-order valence-corrected chi connectivity index (χ3v) is 1.75. The van der Waals surface area contributed by atoms with Crippen LogP contribution in [0.1, 0.15) is 5.56 Å². The second-order valence-corrected chi connectivity index (χ2v) is 2.58. The molecular weight excluding hydrogens is 166 g/mol. The number of allylic oxidation sites excluding steroid dienone is 1. The number of fused-ring (bicyclic) bond motifs is 1. The van der Waals surface area contributed by atoms with Crippen molar-refractivity contribution in [3.05, 3.63) is 29.8 Å². The molecule has 1 aromatic carbocycles. The summed E-state index contributed by atoms with van der Waals surface area (Å²) in [5, 5.41) is 8.33. The van der Waals surface area contributed by atoms with Crippen LogP contribution in [0.5, 0.6) is 11.5 Å². The monoisotopic (exact) mass is 173 g/mol. The van der Waals surface area contributed by atoms with E-state index in [1.807, 2.05) is 24.3 Å². The zero-order chi connectivity index (χ0) is 9.10. The molecule has 1 heterocycles. The van der Waals surface area contributed by atoms with Gasteiger partial charge >= 0.3 is 0 Å². The molecule has 0 aromatic heterocycles. The average molecular weight is 173 g/mol. The number of hydrogen-bond donors (Lipinski definition) is 0. The standard InChI is InChI=1S/C10H7NO2/c11-5-1-2-8-3-4-9-10(6-8)13-7-12-9/h1-4,6H,7H2/b2-1-. The van der Waals surface area contributed by atoms with Crippen LogP contribution in [0, 0.1) is 11.3 Å². The van der Waals surface area contributed by atoms with Gasteiger partial charge in [0.2, 0.25) is 6.79 Å². The van der Waals surface area contributed by atoms with Crippen LogP contribution in [-0.2, 0) is 0 Å². The van der Waals surface area contributed by atoms with Gasteiger partial charge in [0, 0.05) is 6.08 Å². The minimum absolute atomic E-state index is 0.279. The minimum Gasteiger partial charge on any atom is -0.454 e. The Morgan fingerprint density at radius 2 is 2.15 bits per heavy atom. The fraction of sp³-hybridized carbons (Fsp3) is 0.100. The molecule has 0 radical (unpaired) electrons. The Labute approximate surface area is 75.8 Å². The molecule has 1 aliphatic heterocycles. The molecule has 13 heavy (non-hydrogen) atoms. The highest BCUT2D eigenvalue weighted by molar-refractivity contribution is 5.57. The van der Waals surface area contributed by atoms with Gasteiger partial charge in [-0.1, -0.05) is 6.07 Å². The van der Waals surface area contributed by atoms with Gasteiger partial charge in [-0.25, -0.2) is 0 Å². The molecule has 0 saturated heterocycles. The summed E-state index contributed by atoms with van der Waals surface area (Å²) in [6.45, 7) is 0.279. The summed E-state index contributed by atoms with van der Waals surface area (Å²) in [6, 6.07) is 7.48. The highest BCUT2D eigenvalue weighted by Gasteiger charge is 2.11. The van der Waals surface area contributed by atoms with Crippen LogP contribution in [0.15, 0.2) is 24.3 Å². The Bertz CT molecular complexity index is 390. The van der Waals surface area contributed by atoms with E-state index in [1.165, 1.54) is 6.08 Å². The SMILES string of the molecule is N#C/C=C\c1ccc2c(c1)OCO2. The van der Waals surface area contributed by atoms with Gasteiger partial charge in [0.15, 0.2) is 11.5 Å². The molecule has 0 N–H and O–H groups in total. The first-order chi connectivity index (χ1) is 6.40. The molecule has 3 nitrogen and oxygen atoms in total. The van der Waals surface area contributed by atoms with Gasteiger partial charge in [-0.05, 0) is 23.8 Å². The van der Waals surface area contributed by atoms with Crippen LogP contribution in [0.2, 0.25) is 0 Å². The van der Waals surface area contributed by atoms with E-state index in [0.717, 1.165) is 17.1 Å². The van der Waals surface area contributed by atoms with E-state index in [1.54, 1.807) is 6.08 Å². The van der Waals surface area contributed by atoms with E-state index < -0.39 is 0 Å². The lowest BCUT2D eigenvalue weighted by atomic mass is 10.2. The van der Waals surface area contributed by atoms with Crippen LogP contribution < -0.4 is 9.47 Å². The van der Waals surface area contributed by atoms with Crippen molar-refractivity contribution in [2.45, 2.75) is 0 Å². The third kappa shape index (κ3) is 1.47. The fourth-order valence-electron chi connectivity index (χ4n) is 1.15. The summed E-state index contributed by atoms with van der Waals surface area (Å²) in [6.07, 6.45) is 3.15. The second-order valence-electron chi connectivity index (χ2n) is 2.58. The van der Waals surface area contributed by atoms with E-state index >= 15 is 0 Å². The number of nitriles is 1. The molecule has 0 unspecified atom stereocenters. The number of ether oxygens (including phenoxy) is 2. The predicted molar refractivity (Wildman–Crippen MR) is 47.2 cm³/mol. The van der Waals surface area contributed by atoms with Crippen LogP contribution in [0.25, 0.3) is 6.08 Å². The quantitative estimate of drug-likeness (QED) is 0.609. The van der Waals surface area contributed by atoms with Crippen molar-refractivity contribution in [2.24, 2.45) is 0 Å². The first-order valence-electron chi connectivity index (χ1n) is 3.86. The van der Waals surface area contributed by atoms with E-state index in [9.17, 15) is 0 Å². The molecule has 0 fully saturated rings. The molecule has 2 rings (SSSR count). The Morgan fingerprint density at radius 1 is 1.31 bits per heavy atom. The maximum atomic E-state index is 8.33. The van der Waals surface area contributed by atoms with Crippen molar-refractivity contribution in [2.75, 3.05) is 6.79 Å². The highest BCUT2D eigenvalue weighted by Crippen LogP contribution is 2.32. The summed E-state index contributed by atoms with van der Waals surface area (Å²) in [5.41, 5.74) is 0.936. The third-order valence-electron chi connectivity index (χ3n) is 1.75. The largest absolute Gasteiger partial charge is 0.454 e. The Morgan fingerprint density at radius 3 is 3.00 bits per heavy atom. The van der Waals surface area contributed by atoms with Crippen LogP contribution >= 0.6 is 0 Å². The molecule has 3 heteroatoms. The van der Waals surface area contributed by atoms with Crippen molar-refractivity contribution in [1.29, 1.82) is 5.26 Å². The molecule has 0 amide bonds. The molecule has 64 valence electrons. The normalized spacial score (nSPS) is 13.2. The van der Waals surface area contributed by atoms with E-state index in [-0.39, 0.29) is 6.79 Å². The number of nitrogens with zero attached hydrogens (tertiary/aromatic N) is 1. The van der Waals surface area contributed by atoms with Gasteiger partial charge in [-0.3, -0.25) is 0 Å². The van der Waals surface area contributed by atoms with Crippen molar-refractivity contribution in [3.8, 4) is 17.6 Å². The van der Waals surface area contributed by atoms with Gasteiger partial charge in [-0.15, -0.1) is 0 Å². The lowest BCUT2D eigenvalue weighted by Gasteiger charge is -1.96. The predicted octanol–water partition coefficient (Wildman–Crippen LogP) is 1.95. The lowest BCUT2D eigenvalue weighted by Crippen LogP contribution is -1.92. The minimum atomic E-state index is 0.279. The van der Waals surface area contributed by atoms with E-state index in [0.29, 0.717) is 0 Å². The molecule has 1 aromatic rings. The molecule has 1 aliphatic rings.